The second-order valence-electron chi connectivity index (χ2n) is 4.86. The van der Waals surface area contributed by atoms with Crippen molar-refractivity contribution in [2.75, 3.05) is 0 Å². The van der Waals surface area contributed by atoms with Gasteiger partial charge in [0.1, 0.15) is 5.56 Å². The van der Waals surface area contributed by atoms with Gasteiger partial charge in [-0.05, 0) is 17.7 Å². The largest absolute Gasteiger partial charge is 0.416 e. The van der Waals surface area contributed by atoms with Crippen LogP contribution < -0.4 is 11.3 Å². The van der Waals surface area contributed by atoms with E-state index < -0.39 is 39.4 Å². The predicted molar refractivity (Wildman–Crippen MR) is 76.4 cm³/mol. The van der Waals surface area contributed by atoms with E-state index in [1.807, 2.05) is 0 Å². The molecule has 1 heterocycles. The number of nitro groups is 1. The summed E-state index contributed by atoms with van der Waals surface area (Å²) in [6.45, 7) is -0.251. The van der Waals surface area contributed by atoms with Crippen LogP contribution in [-0.2, 0) is 12.7 Å². The van der Waals surface area contributed by atoms with Crippen molar-refractivity contribution < 1.29 is 22.9 Å². The predicted octanol–water partition coefficient (Wildman–Crippen LogP) is 1.92. The van der Waals surface area contributed by atoms with Crippen molar-refractivity contribution in [2.45, 2.75) is 12.7 Å². The summed E-state index contributed by atoms with van der Waals surface area (Å²) in [5.41, 5.74) is 2.47. The van der Waals surface area contributed by atoms with Gasteiger partial charge in [-0.2, -0.15) is 13.2 Å². The van der Waals surface area contributed by atoms with E-state index in [1.165, 1.54) is 0 Å². The fourth-order valence-electron chi connectivity index (χ4n) is 2.01. The topological polar surface area (TPSA) is 108 Å². The Hall–Kier alpha value is -3.17. The molecular weight excluding hydrogens is 331 g/mol. The maximum Gasteiger partial charge on any atom is 0.416 e. The lowest BCUT2D eigenvalue weighted by atomic mass is 10.1. The number of pyridine rings is 1. The van der Waals surface area contributed by atoms with Gasteiger partial charge in [-0.1, -0.05) is 12.1 Å². The Morgan fingerprint density at radius 1 is 1.25 bits per heavy atom. The first-order valence-electron chi connectivity index (χ1n) is 6.44. The van der Waals surface area contributed by atoms with E-state index in [-0.39, 0.29) is 6.54 Å². The molecule has 0 saturated carbocycles. The number of rotatable bonds is 4. The van der Waals surface area contributed by atoms with Gasteiger partial charge in [-0.25, -0.2) is 0 Å². The molecule has 2 rings (SSSR count). The summed E-state index contributed by atoms with van der Waals surface area (Å²) in [4.78, 5) is 33.3. The molecular formula is C14H10F3N3O4. The van der Waals surface area contributed by atoms with Crippen LogP contribution in [0.4, 0.5) is 18.9 Å². The van der Waals surface area contributed by atoms with Crippen LogP contribution in [0, 0.1) is 10.1 Å². The Morgan fingerprint density at radius 3 is 2.29 bits per heavy atom. The van der Waals surface area contributed by atoms with E-state index in [0.29, 0.717) is 5.56 Å². The normalized spacial score (nSPS) is 11.3. The Bertz CT molecular complexity index is 857. The summed E-state index contributed by atoms with van der Waals surface area (Å²) in [6.07, 6.45) is -3.60. The monoisotopic (exact) mass is 341 g/mol. The SMILES string of the molecule is NC(=O)c1cc([N+](=O)[O-])cn(Cc2ccc(C(F)(F)F)cc2)c1=O. The Kier molecular flexibility index (Phi) is 4.40. The van der Waals surface area contributed by atoms with Crippen molar-refractivity contribution in [1.82, 2.24) is 4.57 Å². The number of carbonyl (C=O) groups excluding carboxylic acids is 1. The maximum absolute atomic E-state index is 12.5. The standard InChI is InChI=1S/C14H10F3N3O4/c15-14(16,17)9-3-1-8(2-4-9)6-19-7-10(20(23)24)5-11(12(18)21)13(19)22/h1-5,7H,6H2,(H2,18,21). The van der Waals surface area contributed by atoms with E-state index in [0.717, 1.165) is 41.1 Å². The molecule has 0 bridgehead atoms. The smallest absolute Gasteiger partial charge is 0.365 e. The molecule has 0 aliphatic carbocycles. The number of amides is 1. The van der Waals surface area contributed by atoms with Crippen LogP contribution in [0.3, 0.4) is 0 Å². The second-order valence-corrected chi connectivity index (χ2v) is 4.86. The molecule has 24 heavy (non-hydrogen) atoms. The third-order valence-electron chi connectivity index (χ3n) is 3.18. The highest BCUT2D eigenvalue weighted by Gasteiger charge is 2.30. The molecule has 0 saturated heterocycles. The van der Waals surface area contributed by atoms with Crippen LogP contribution in [0.15, 0.2) is 41.3 Å². The summed E-state index contributed by atoms with van der Waals surface area (Å²) < 4.78 is 38.4. The van der Waals surface area contributed by atoms with Gasteiger partial charge >= 0.3 is 6.18 Å². The first-order chi connectivity index (χ1) is 11.1. The number of halogens is 3. The number of carbonyl (C=O) groups is 1. The minimum atomic E-state index is -4.50. The Balaban J connectivity index is 2.44. The van der Waals surface area contributed by atoms with Gasteiger partial charge < -0.3 is 10.3 Å². The lowest BCUT2D eigenvalue weighted by Crippen LogP contribution is -2.30. The number of hydrogen-bond acceptors (Lipinski definition) is 4. The maximum atomic E-state index is 12.5. The van der Waals surface area contributed by atoms with Crippen LogP contribution in [0.25, 0.3) is 0 Å². The van der Waals surface area contributed by atoms with Crippen molar-refractivity contribution in [3.05, 3.63) is 73.7 Å². The van der Waals surface area contributed by atoms with Gasteiger partial charge in [-0.15, -0.1) is 0 Å². The van der Waals surface area contributed by atoms with E-state index in [2.05, 4.69) is 0 Å². The fourth-order valence-corrected chi connectivity index (χ4v) is 2.01. The molecule has 0 atom stereocenters. The third-order valence-corrected chi connectivity index (χ3v) is 3.18. The number of nitrogens with zero attached hydrogens (tertiary/aromatic N) is 2. The molecule has 126 valence electrons. The highest BCUT2D eigenvalue weighted by atomic mass is 19.4. The van der Waals surface area contributed by atoms with Gasteiger partial charge in [0, 0.05) is 6.07 Å². The first kappa shape index (κ1) is 17.2. The first-order valence-corrected chi connectivity index (χ1v) is 6.44. The molecule has 0 spiro atoms. The molecule has 1 amide bonds. The molecule has 0 aliphatic rings. The average Bonchev–Trinajstić information content (AvgIpc) is 2.48. The molecule has 2 aromatic rings. The zero-order valence-corrected chi connectivity index (χ0v) is 11.9. The number of aromatic nitrogens is 1. The highest BCUT2D eigenvalue weighted by molar-refractivity contribution is 5.92. The molecule has 1 aromatic carbocycles. The number of primary amides is 1. The van der Waals surface area contributed by atoms with Gasteiger partial charge in [-0.3, -0.25) is 19.7 Å². The minimum Gasteiger partial charge on any atom is -0.365 e. The average molecular weight is 341 g/mol. The van der Waals surface area contributed by atoms with E-state index in [9.17, 15) is 32.9 Å². The molecule has 7 nitrogen and oxygen atoms in total. The second kappa shape index (κ2) is 6.14. The summed E-state index contributed by atoms with van der Waals surface area (Å²) in [6, 6.07) is 4.68. The molecule has 0 fully saturated rings. The summed E-state index contributed by atoms with van der Waals surface area (Å²) >= 11 is 0. The number of nitrogens with two attached hydrogens (primary N) is 1. The molecule has 0 aliphatic heterocycles. The van der Waals surface area contributed by atoms with Crippen LogP contribution in [0.5, 0.6) is 0 Å². The summed E-state index contributed by atoms with van der Waals surface area (Å²) in [5, 5.41) is 10.9. The molecule has 2 N–H and O–H groups in total. The Labute approximate surface area is 132 Å². The number of alkyl halides is 3. The molecule has 0 unspecified atom stereocenters. The zero-order chi connectivity index (χ0) is 18.1. The van der Waals surface area contributed by atoms with E-state index >= 15 is 0 Å². The fraction of sp³-hybridized carbons (Fsp3) is 0.143. The van der Waals surface area contributed by atoms with Crippen molar-refractivity contribution >= 4 is 11.6 Å². The van der Waals surface area contributed by atoms with Crippen LogP contribution >= 0.6 is 0 Å². The van der Waals surface area contributed by atoms with Crippen LogP contribution in [0.1, 0.15) is 21.5 Å². The lowest BCUT2D eigenvalue weighted by molar-refractivity contribution is -0.385. The Morgan fingerprint density at radius 2 is 1.83 bits per heavy atom. The molecule has 1 aromatic heterocycles. The number of hydrogen-bond donors (Lipinski definition) is 1. The highest BCUT2D eigenvalue weighted by Crippen LogP contribution is 2.29. The molecule has 10 heteroatoms. The van der Waals surface area contributed by atoms with E-state index in [1.54, 1.807) is 0 Å². The van der Waals surface area contributed by atoms with Crippen molar-refractivity contribution in [3.8, 4) is 0 Å². The summed E-state index contributed by atoms with van der Waals surface area (Å²) in [7, 11) is 0. The molecule has 0 radical (unpaired) electrons. The van der Waals surface area contributed by atoms with Gasteiger partial charge in [0.15, 0.2) is 0 Å². The van der Waals surface area contributed by atoms with Crippen LogP contribution in [0.2, 0.25) is 0 Å². The lowest BCUT2D eigenvalue weighted by Gasteiger charge is -2.10. The van der Waals surface area contributed by atoms with E-state index in [4.69, 9.17) is 5.73 Å². The third kappa shape index (κ3) is 3.59. The van der Waals surface area contributed by atoms with Crippen molar-refractivity contribution in [2.24, 2.45) is 5.73 Å². The van der Waals surface area contributed by atoms with Gasteiger partial charge in [0.2, 0.25) is 0 Å². The summed E-state index contributed by atoms with van der Waals surface area (Å²) in [5.74, 6) is -1.13. The zero-order valence-electron chi connectivity index (χ0n) is 11.9. The van der Waals surface area contributed by atoms with Gasteiger partial charge in [0.05, 0.1) is 23.2 Å². The number of benzene rings is 1. The van der Waals surface area contributed by atoms with Gasteiger partial charge in [0.25, 0.3) is 17.2 Å². The van der Waals surface area contributed by atoms with Crippen molar-refractivity contribution in [1.29, 1.82) is 0 Å². The van der Waals surface area contributed by atoms with Crippen molar-refractivity contribution in [3.63, 3.8) is 0 Å². The quantitative estimate of drug-likeness (QED) is 0.677. The minimum absolute atomic E-state index is 0.251. The van der Waals surface area contributed by atoms with Crippen LogP contribution in [-0.4, -0.2) is 15.4 Å².